The van der Waals surface area contributed by atoms with Crippen LogP contribution >= 0.6 is 0 Å². The molecule has 0 unspecified atom stereocenters. The van der Waals surface area contributed by atoms with Gasteiger partial charge in [0.15, 0.2) is 9.84 Å². The van der Waals surface area contributed by atoms with E-state index in [0.717, 1.165) is 10.7 Å². The lowest BCUT2D eigenvalue weighted by atomic mass is 10.2. The van der Waals surface area contributed by atoms with E-state index in [-0.39, 0.29) is 27.9 Å². The average Bonchev–Trinajstić information content (AvgIpc) is 2.75. The van der Waals surface area contributed by atoms with E-state index in [4.69, 9.17) is 9.57 Å². The van der Waals surface area contributed by atoms with Gasteiger partial charge in [-0.25, -0.2) is 16.8 Å². The molecule has 2 aromatic rings. The van der Waals surface area contributed by atoms with Gasteiger partial charge in [-0.05, 0) is 42.8 Å². The Bertz CT molecular complexity index is 1130. The summed E-state index contributed by atoms with van der Waals surface area (Å²) in [4.78, 5) is 19.0. The van der Waals surface area contributed by atoms with E-state index in [0.29, 0.717) is 18.7 Å². The fourth-order valence-electron chi connectivity index (χ4n) is 2.64. The van der Waals surface area contributed by atoms with Crippen LogP contribution in [0.1, 0.15) is 16.8 Å². The third kappa shape index (κ3) is 6.50. The molecular weight excluding hydrogens is 444 g/mol. The highest BCUT2D eigenvalue weighted by atomic mass is 32.2. The van der Waals surface area contributed by atoms with E-state index in [1.807, 2.05) is 0 Å². The molecule has 0 heterocycles. The molecule has 0 saturated heterocycles. The SMILES string of the molecule is CON(C)S(=O)(=O)c1cccc(C(=O)N(C)CCCOc2cccc(S(C)(=O)=O)c2)c1. The molecule has 2 rings (SSSR count). The monoisotopic (exact) mass is 470 g/mol. The van der Waals surface area contributed by atoms with Crippen molar-refractivity contribution in [2.45, 2.75) is 16.2 Å². The van der Waals surface area contributed by atoms with Crippen LogP contribution in [0.4, 0.5) is 0 Å². The van der Waals surface area contributed by atoms with Crippen LogP contribution in [0, 0.1) is 0 Å². The minimum Gasteiger partial charge on any atom is -0.493 e. The van der Waals surface area contributed by atoms with Crippen molar-refractivity contribution in [2.75, 3.05) is 40.6 Å². The van der Waals surface area contributed by atoms with Gasteiger partial charge in [0, 0.05) is 32.5 Å². The second-order valence-electron chi connectivity index (χ2n) is 6.80. The normalized spacial score (nSPS) is 12.0. The number of carbonyl (C=O) groups excluding carboxylic acids is 1. The lowest BCUT2D eigenvalue weighted by molar-refractivity contribution is -0.0258. The largest absolute Gasteiger partial charge is 0.493 e. The summed E-state index contributed by atoms with van der Waals surface area (Å²) in [6.07, 6.45) is 1.62. The number of nitrogens with zero attached hydrogens (tertiary/aromatic N) is 2. The molecule has 0 spiro atoms. The number of hydroxylamine groups is 1. The van der Waals surface area contributed by atoms with Crippen molar-refractivity contribution in [3.63, 3.8) is 0 Å². The maximum atomic E-state index is 12.7. The molecule has 0 aromatic heterocycles. The van der Waals surface area contributed by atoms with Crippen molar-refractivity contribution in [1.29, 1.82) is 0 Å². The van der Waals surface area contributed by atoms with Crippen molar-refractivity contribution < 1.29 is 31.2 Å². The molecule has 1 amide bonds. The van der Waals surface area contributed by atoms with Crippen LogP contribution in [-0.2, 0) is 24.7 Å². The molecule has 170 valence electrons. The summed E-state index contributed by atoms with van der Waals surface area (Å²) in [7, 11) is -3.07. The fourth-order valence-corrected chi connectivity index (χ4v) is 4.32. The summed E-state index contributed by atoms with van der Waals surface area (Å²) in [6, 6.07) is 11.9. The molecule has 0 bridgehead atoms. The zero-order valence-corrected chi connectivity index (χ0v) is 19.4. The molecule has 9 nitrogen and oxygen atoms in total. The number of hydrogen-bond donors (Lipinski definition) is 0. The van der Waals surface area contributed by atoms with E-state index < -0.39 is 19.9 Å². The molecule has 0 aliphatic rings. The highest BCUT2D eigenvalue weighted by Gasteiger charge is 2.22. The zero-order valence-electron chi connectivity index (χ0n) is 17.8. The second kappa shape index (κ2) is 10.2. The van der Waals surface area contributed by atoms with Crippen molar-refractivity contribution >= 4 is 25.8 Å². The quantitative estimate of drug-likeness (QED) is 0.385. The fraction of sp³-hybridized carbons (Fsp3) is 0.350. The predicted octanol–water partition coefficient (Wildman–Crippen LogP) is 1.81. The standard InChI is InChI=1S/C20H26N2O7S2/c1-21(12-7-13-29-17-9-6-10-18(15-17)30(4,24)25)20(23)16-8-5-11-19(14-16)31(26,27)22(2)28-3/h5-6,8-11,14-15H,7,12-13H2,1-4H3. The number of sulfonamides is 1. The Morgan fingerprint density at radius 2 is 1.61 bits per heavy atom. The number of rotatable bonds is 10. The smallest absolute Gasteiger partial charge is 0.264 e. The summed E-state index contributed by atoms with van der Waals surface area (Å²) >= 11 is 0. The third-order valence-electron chi connectivity index (χ3n) is 4.46. The summed E-state index contributed by atoms with van der Waals surface area (Å²) in [6.45, 7) is 0.636. The average molecular weight is 471 g/mol. The molecule has 0 aliphatic heterocycles. The molecule has 11 heteroatoms. The Hall–Kier alpha value is -2.47. The van der Waals surface area contributed by atoms with E-state index in [9.17, 15) is 21.6 Å². The van der Waals surface area contributed by atoms with E-state index in [1.54, 1.807) is 19.2 Å². The van der Waals surface area contributed by atoms with Crippen molar-refractivity contribution in [1.82, 2.24) is 9.37 Å². The Labute approximate surface area is 183 Å². The molecule has 31 heavy (non-hydrogen) atoms. The van der Waals surface area contributed by atoms with Crippen LogP contribution in [0.25, 0.3) is 0 Å². The summed E-state index contributed by atoms with van der Waals surface area (Å²) in [5, 5.41) is 0. The lowest BCUT2D eigenvalue weighted by Gasteiger charge is -2.19. The van der Waals surface area contributed by atoms with Gasteiger partial charge >= 0.3 is 0 Å². The molecule has 0 radical (unpaired) electrons. The first-order chi connectivity index (χ1) is 14.5. The summed E-state index contributed by atoms with van der Waals surface area (Å²) < 4.78 is 54.2. The summed E-state index contributed by atoms with van der Waals surface area (Å²) in [5.74, 6) is 0.0910. The van der Waals surface area contributed by atoms with Crippen LogP contribution in [0.15, 0.2) is 58.3 Å². The first-order valence-electron chi connectivity index (χ1n) is 9.28. The van der Waals surface area contributed by atoms with Gasteiger partial charge in [0.2, 0.25) is 0 Å². The lowest BCUT2D eigenvalue weighted by Crippen LogP contribution is -2.29. The molecule has 0 saturated carbocycles. The Morgan fingerprint density at radius 3 is 2.26 bits per heavy atom. The van der Waals surface area contributed by atoms with Crippen LogP contribution < -0.4 is 4.74 Å². The molecule has 0 atom stereocenters. The number of hydrogen-bond acceptors (Lipinski definition) is 7. The van der Waals surface area contributed by atoms with E-state index in [1.165, 1.54) is 55.5 Å². The topological polar surface area (TPSA) is 110 Å². The molecular formula is C20H26N2O7S2. The second-order valence-corrected chi connectivity index (χ2v) is 10.8. The maximum absolute atomic E-state index is 12.7. The van der Waals surface area contributed by atoms with Crippen molar-refractivity contribution in [3.8, 4) is 5.75 Å². The Morgan fingerprint density at radius 1 is 0.968 bits per heavy atom. The molecule has 2 aromatic carbocycles. The van der Waals surface area contributed by atoms with Gasteiger partial charge in [-0.2, -0.15) is 0 Å². The third-order valence-corrected chi connectivity index (χ3v) is 7.25. The number of amides is 1. The number of benzene rings is 2. The molecule has 0 N–H and O–H groups in total. The zero-order chi connectivity index (χ0) is 23.2. The van der Waals surface area contributed by atoms with Gasteiger partial charge in [0.1, 0.15) is 5.75 Å². The highest BCUT2D eigenvalue weighted by Crippen LogP contribution is 2.18. The van der Waals surface area contributed by atoms with Gasteiger partial charge in [-0.15, -0.1) is 0 Å². The predicted molar refractivity (Wildman–Crippen MR) is 115 cm³/mol. The molecule has 0 aliphatic carbocycles. The van der Waals surface area contributed by atoms with Gasteiger partial charge in [-0.1, -0.05) is 16.6 Å². The number of carbonyl (C=O) groups is 1. The van der Waals surface area contributed by atoms with E-state index in [2.05, 4.69) is 0 Å². The number of ether oxygens (including phenoxy) is 1. The minimum absolute atomic E-state index is 0.0507. The van der Waals surface area contributed by atoms with Crippen LogP contribution in [-0.4, -0.2) is 72.7 Å². The van der Waals surface area contributed by atoms with Gasteiger partial charge < -0.3 is 9.64 Å². The first-order valence-corrected chi connectivity index (χ1v) is 12.6. The summed E-state index contributed by atoms with van der Waals surface area (Å²) in [5.41, 5.74) is 0.231. The van der Waals surface area contributed by atoms with Crippen LogP contribution in [0.3, 0.4) is 0 Å². The van der Waals surface area contributed by atoms with Crippen LogP contribution in [0.5, 0.6) is 5.75 Å². The highest BCUT2D eigenvalue weighted by molar-refractivity contribution is 7.90. The van der Waals surface area contributed by atoms with Gasteiger partial charge in [0.25, 0.3) is 15.9 Å². The van der Waals surface area contributed by atoms with Crippen molar-refractivity contribution in [2.24, 2.45) is 0 Å². The Balaban J connectivity index is 1.96. The van der Waals surface area contributed by atoms with Crippen molar-refractivity contribution in [3.05, 3.63) is 54.1 Å². The maximum Gasteiger partial charge on any atom is 0.264 e. The minimum atomic E-state index is -3.86. The van der Waals surface area contributed by atoms with Gasteiger partial charge in [-0.3, -0.25) is 9.63 Å². The Kier molecular flexibility index (Phi) is 8.18. The first kappa shape index (κ1) is 24.8. The molecule has 0 fully saturated rings. The number of sulfone groups is 1. The van der Waals surface area contributed by atoms with Crippen LogP contribution in [0.2, 0.25) is 0 Å². The van der Waals surface area contributed by atoms with E-state index >= 15 is 0 Å². The van der Waals surface area contributed by atoms with Gasteiger partial charge in [0.05, 0.1) is 23.5 Å².